The molecule has 6 nitrogen and oxygen atoms in total. The van der Waals surface area contributed by atoms with Crippen LogP contribution in [0.25, 0.3) is 0 Å². The summed E-state index contributed by atoms with van der Waals surface area (Å²) in [7, 11) is 0. The second-order valence-corrected chi connectivity index (χ2v) is 5.43. The number of aromatic nitrogens is 2. The molecule has 0 bridgehead atoms. The zero-order valence-corrected chi connectivity index (χ0v) is 11.0. The van der Waals surface area contributed by atoms with Crippen LogP contribution in [0.3, 0.4) is 0 Å². The van der Waals surface area contributed by atoms with Gasteiger partial charge in [-0.3, -0.25) is 4.79 Å². The van der Waals surface area contributed by atoms with E-state index >= 15 is 0 Å². The number of hydrogen-bond acceptors (Lipinski definition) is 5. The van der Waals surface area contributed by atoms with E-state index < -0.39 is 0 Å². The van der Waals surface area contributed by atoms with Crippen molar-refractivity contribution in [1.29, 1.82) is 0 Å². The maximum Gasteiger partial charge on any atom is 0.257 e. The van der Waals surface area contributed by atoms with Crippen LogP contribution in [0.5, 0.6) is 0 Å². The Kier molecular flexibility index (Phi) is 2.61. The van der Waals surface area contributed by atoms with Crippen LogP contribution in [0.4, 0.5) is 0 Å². The van der Waals surface area contributed by atoms with Crippen LogP contribution in [0.15, 0.2) is 27.5 Å². The van der Waals surface area contributed by atoms with Crippen LogP contribution in [0.1, 0.15) is 59.7 Å². The van der Waals surface area contributed by atoms with Gasteiger partial charge in [0.25, 0.3) is 5.91 Å². The first-order chi connectivity index (χ1) is 9.83. The molecule has 0 spiro atoms. The standard InChI is InChI=1S/C14H15N3O3/c18-14(10-5-7-19-8-10)17-6-1-2-11(17)12-15-13(20-16-12)9-3-4-9/h5,7-9,11H,1-4,6H2/t11-/m1/s1. The Morgan fingerprint density at radius 2 is 2.25 bits per heavy atom. The first-order valence-electron chi connectivity index (χ1n) is 6.99. The molecule has 6 heteroatoms. The van der Waals surface area contributed by atoms with E-state index in [1.165, 1.54) is 12.5 Å². The number of hydrogen-bond donors (Lipinski definition) is 0. The monoisotopic (exact) mass is 273 g/mol. The quantitative estimate of drug-likeness (QED) is 0.859. The van der Waals surface area contributed by atoms with Crippen LogP contribution < -0.4 is 0 Å². The summed E-state index contributed by atoms with van der Waals surface area (Å²) in [6.07, 6.45) is 7.09. The molecule has 1 atom stereocenters. The predicted molar refractivity (Wildman–Crippen MR) is 68.0 cm³/mol. The van der Waals surface area contributed by atoms with E-state index in [9.17, 15) is 4.79 Å². The van der Waals surface area contributed by atoms with Gasteiger partial charge < -0.3 is 13.8 Å². The maximum absolute atomic E-state index is 12.4. The second kappa shape index (κ2) is 4.47. The molecule has 1 amide bonds. The molecule has 2 fully saturated rings. The molecule has 0 N–H and O–H groups in total. The van der Waals surface area contributed by atoms with Crippen molar-refractivity contribution in [2.75, 3.05) is 6.54 Å². The molecule has 1 aliphatic carbocycles. The molecule has 1 saturated carbocycles. The number of carbonyl (C=O) groups is 1. The molecule has 20 heavy (non-hydrogen) atoms. The third kappa shape index (κ3) is 1.92. The average molecular weight is 273 g/mol. The van der Waals surface area contributed by atoms with E-state index in [-0.39, 0.29) is 11.9 Å². The Balaban J connectivity index is 1.58. The summed E-state index contributed by atoms with van der Waals surface area (Å²) in [6.45, 7) is 0.724. The van der Waals surface area contributed by atoms with Gasteiger partial charge in [0, 0.05) is 12.5 Å². The summed E-state index contributed by atoms with van der Waals surface area (Å²) in [5.41, 5.74) is 0.572. The van der Waals surface area contributed by atoms with E-state index in [2.05, 4.69) is 10.1 Å². The summed E-state index contributed by atoms with van der Waals surface area (Å²) in [6, 6.07) is 1.61. The second-order valence-electron chi connectivity index (χ2n) is 5.43. The first kappa shape index (κ1) is 11.7. The smallest absolute Gasteiger partial charge is 0.257 e. The largest absolute Gasteiger partial charge is 0.472 e. The lowest BCUT2D eigenvalue weighted by molar-refractivity contribution is 0.0727. The number of rotatable bonds is 3. The van der Waals surface area contributed by atoms with Gasteiger partial charge in [0.2, 0.25) is 5.89 Å². The molecule has 0 radical (unpaired) electrons. The SMILES string of the molecule is O=C(c1ccoc1)N1CCC[C@@H]1c1noc(C2CC2)n1. The minimum absolute atomic E-state index is 0.0287. The highest BCUT2D eigenvalue weighted by atomic mass is 16.5. The highest BCUT2D eigenvalue weighted by molar-refractivity contribution is 5.94. The zero-order chi connectivity index (χ0) is 13.5. The van der Waals surface area contributed by atoms with E-state index in [1.807, 2.05) is 4.90 Å². The number of furan rings is 1. The topological polar surface area (TPSA) is 72.4 Å². The third-order valence-electron chi connectivity index (χ3n) is 3.96. The van der Waals surface area contributed by atoms with Gasteiger partial charge in [-0.25, -0.2) is 0 Å². The highest BCUT2D eigenvalue weighted by Gasteiger charge is 2.36. The van der Waals surface area contributed by atoms with Crippen LogP contribution >= 0.6 is 0 Å². The van der Waals surface area contributed by atoms with Crippen LogP contribution in [0, 0.1) is 0 Å². The molecule has 2 aromatic rings. The summed E-state index contributed by atoms with van der Waals surface area (Å²) >= 11 is 0. The number of nitrogens with zero attached hydrogens (tertiary/aromatic N) is 3. The van der Waals surface area contributed by atoms with Crippen molar-refractivity contribution in [1.82, 2.24) is 15.0 Å². The van der Waals surface area contributed by atoms with E-state index in [1.54, 1.807) is 6.07 Å². The third-order valence-corrected chi connectivity index (χ3v) is 3.96. The van der Waals surface area contributed by atoms with Crippen LogP contribution in [-0.2, 0) is 0 Å². The Morgan fingerprint density at radius 1 is 1.35 bits per heavy atom. The minimum Gasteiger partial charge on any atom is -0.472 e. The Morgan fingerprint density at radius 3 is 3.00 bits per heavy atom. The van der Waals surface area contributed by atoms with Crippen molar-refractivity contribution in [3.8, 4) is 0 Å². The van der Waals surface area contributed by atoms with Crippen molar-refractivity contribution in [3.63, 3.8) is 0 Å². The highest BCUT2D eigenvalue weighted by Crippen LogP contribution is 2.40. The van der Waals surface area contributed by atoms with Crippen molar-refractivity contribution in [2.45, 2.75) is 37.6 Å². The number of amides is 1. The van der Waals surface area contributed by atoms with Crippen molar-refractivity contribution in [3.05, 3.63) is 35.9 Å². The molecule has 3 heterocycles. The van der Waals surface area contributed by atoms with Gasteiger partial charge in [-0.05, 0) is 31.7 Å². The number of carbonyl (C=O) groups excluding carboxylic acids is 1. The lowest BCUT2D eigenvalue weighted by Gasteiger charge is -2.21. The molecule has 104 valence electrons. The molecule has 1 saturated heterocycles. The maximum atomic E-state index is 12.4. The summed E-state index contributed by atoms with van der Waals surface area (Å²) < 4.78 is 10.3. The fraction of sp³-hybridized carbons (Fsp3) is 0.500. The Bertz CT molecular complexity index is 615. The molecule has 0 unspecified atom stereocenters. The van der Waals surface area contributed by atoms with Crippen molar-refractivity contribution >= 4 is 5.91 Å². The molecular weight excluding hydrogens is 258 g/mol. The van der Waals surface area contributed by atoms with E-state index in [0.717, 1.165) is 38.1 Å². The first-order valence-corrected chi connectivity index (χ1v) is 6.99. The van der Waals surface area contributed by atoms with Gasteiger partial charge in [0.1, 0.15) is 6.26 Å². The fourth-order valence-corrected chi connectivity index (χ4v) is 2.71. The molecule has 4 rings (SSSR count). The van der Waals surface area contributed by atoms with Gasteiger partial charge >= 0.3 is 0 Å². The summed E-state index contributed by atoms with van der Waals surface area (Å²) in [4.78, 5) is 18.7. The Labute approximate surface area is 115 Å². The van der Waals surface area contributed by atoms with Gasteiger partial charge in [-0.1, -0.05) is 5.16 Å². The molecule has 1 aliphatic heterocycles. The average Bonchev–Trinajstić information content (AvgIpc) is 2.97. The summed E-state index contributed by atoms with van der Waals surface area (Å²) in [5.74, 6) is 1.78. The van der Waals surface area contributed by atoms with Crippen LogP contribution in [-0.4, -0.2) is 27.5 Å². The molecule has 0 aromatic carbocycles. The molecule has 2 aliphatic rings. The van der Waals surface area contributed by atoms with Gasteiger partial charge in [-0.15, -0.1) is 0 Å². The summed E-state index contributed by atoms with van der Waals surface area (Å²) in [5, 5.41) is 4.07. The van der Waals surface area contributed by atoms with E-state index in [4.69, 9.17) is 8.94 Å². The van der Waals surface area contributed by atoms with Crippen LogP contribution in [0.2, 0.25) is 0 Å². The van der Waals surface area contributed by atoms with Gasteiger partial charge in [0.15, 0.2) is 5.82 Å². The minimum atomic E-state index is -0.0753. The zero-order valence-electron chi connectivity index (χ0n) is 11.0. The lowest BCUT2D eigenvalue weighted by atomic mass is 10.2. The Hall–Kier alpha value is -2.11. The van der Waals surface area contributed by atoms with Crippen molar-refractivity contribution < 1.29 is 13.7 Å². The van der Waals surface area contributed by atoms with Gasteiger partial charge in [-0.2, -0.15) is 4.98 Å². The van der Waals surface area contributed by atoms with E-state index in [0.29, 0.717) is 17.3 Å². The van der Waals surface area contributed by atoms with Gasteiger partial charge in [0.05, 0.1) is 17.9 Å². The van der Waals surface area contributed by atoms with Crippen molar-refractivity contribution in [2.24, 2.45) is 0 Å². The molecular formula is C14H15N3O3. The normalized spacial score (nSPS) is 22.4. The number of likely N-dealkylation sites (tertiary alicyclic amines) is 1. The molecule has 2 aromatic heterocycles. The fourth-order valence-electron chi connectivity index (χ4n) is 2.71. The lowest BCUT2D eigenvalue weighted by Crippen LogP contribution is -2.30. The predicted octanol–water partition coefficient (Wildman–Crippen LogP) is 2.52.